The van der Waals surface area contributed by atoms with Crippen LogP contribution in [0.5, 0.6) is 0 Å². The third-order valence-electron chi connectivity index (χ3n) is 8.25. The van der Waals surface area contributed by atoms with Gasteiger partial charge in [0.25, 0.3) is 0 Å². The molecule has 7 heteroatoms. The van der Waals surface area contributed by atoms with Crippen LogP contribution in [0.2, 0.25) is 0 Å². The molecule has 0 saturated carbocycles. The molecule has 43 heavy (non-hydrogen) atoms. The van der Waals surface area contributed by atoms with Crippen LogP contribution in [0.1, 0.15) is 5.69 Å². The number of hydrogen-bond donors (Lipinski definition) is 0. The molecule has 0 N–H and O–H groups in total. The summed E-state index contributed by atoms with van der Waals surface area (Å²) in [4.78, 5) is 15.5. The molecule has 0 amide bonds. The number of imidazole rings is 2. The average Bonchev–Trinajstić information content (AvgIpc) is 3.67. The van der Waals surface area contributed by atoms with Crippen LogP contribution in [0, 0.1) is 6.92 Å². The van der Waals surface area contributed by atoms with E-state index in [-0.39, 0.29) is 0 Å². The molecule has 0 fully saturated rings. The molecule has 4 heterocycles. The van der Waals surface area contributed by atoms with Gasteiger partial charge in [0.1, 0.15) is 0 Å². The third kappa shape index (κ3) is 3.58. The Balaban J connectivity index is 1.63. The molecule has 0 atom stereocenters. The van der Waals surface area contributed by atoms with Crippen LogP contribution in [-0.2, 0) is 0 Å². The van der Waals surface area contributed by atoms with Gasteiger partial charge in [-0.2, -0.15) is 0 Å². The summed E-state index contributed by atoms with van der Waals surface area (Å²) in [5.74, 6) is 1.61. The third-order valence-corrected chi connectivity index (χ3v) is 9.39. The first kappa shape index (κ1) is 24.7. The van der Waals surface area contributed by atoms with E-state index in [1.54, 1.807) is 0 Å². The minimum atomic E-state index is 0.585. The van der Waals surface area contributed by atoms with Crippen LogP contribution >= 0.6 is 0 Å². The van der Waals surface area contributed by atoms with Crippen LogP contribution in [0.3, 0.4) is 0 Å². The van der Waals surface area contributed by atoms with E-state index in [4.69, 9.17) is 15.0 Å². The number of para-hydroxylation sites is 5. The van der Waals surface area contributed by atoms with Gasteiger partial charge in [0, 0.05) is 0 Å². The number of aryl methyl sites for hydroxylation is 1. The van der Waals surface area contributed by atoms with Crippen molar-refractivity contribution in [2.24, 2.45) is 0 Å². The molecule has 0 unspecified atom stereocenters. The van der Waals surface area contributed by atoms with Gasteiger partial charge in [-0.3, -0.25) is 0 Å². The quantitative estimate of drug-likeness (QED) is 0.193. The van der Waals surface area contributed by atoms with Crippen molar-refractivity contribution in [1.82, 2.24) is 28.5 Å². The first-order valence-corrected chi connectivity index (χ1v) is 16.5. The first-order chi connectivity index (χ1) is 21.2. The van der Waals surface area contributed by atoms with Gasteiger partial charge in [-0.25, -0.2) is 0 Å². The number of fused-ring (bicyclic) bond motifs is 8. The zero-order valence-electron chi connectivity index (χ0n) is 23.3. The monoisotopic (exact) mass is 750 g/mol. The standard InChI is InChI=1S/C36H23N6.Bi.2H/c1-23-20-21-37-35(38-23)32-33-27(26-16-8-10-18-29(26)40(33)24-12-4-2-5-13-24)22-31-34(32)41(25-14-6-3-7-15-25)36-39-28-17-9-11-19-30(28)42(31)36;;;/h2-20,22H,1H3;;;. The number of nitrogens with zero attached hydrogens (tertiary/aromatic N) is 6. The van der Waals surface area contributed by atoms with Crippen LogP contribution in [0.25, 0.3) is 72.4 Å². The van der Waals surface area contributed by atoms with E-state index in [0.29, 0.717) is 24.7 Å². The second-order valence-electron chi connectivity index (χ2n) is 10.9. The molecular formula is C36H25BiN6. The van der Waals surface area contributed by atoms with E-state index < -0.39 is 0 Å². The Morgan fingerprint density at radius 2 is 1.21 bits per heavy atom. The van der Waals surface area contributed by atoms with Crippen molar-refractivity contribution < 1.29 is 0 Å². The fourth-order valence-corrected chi connectivity index (χ4v) is 8.00. The second-order valence-corrected chi connectivity index (χ2v) is 13.2. The van der Waals surface area contributed by atoms with E-state index in [0.717, 1.165) is 76.1 Å². The molecule has 0 aliphatic carbocycles. The zero-order chi connectivity index (χ0) is 28.7. The topological polar surface area (TPSA) is 52.9 Å². The normalized spacial score (nSPS) is 12.0. The SMILES string of the molecule is Cc1c[c]([BiH2])nc(-c2c3c(cc4c2n(-c2ccccc2)c2nc5ccccc5n42)c2ccccc2n3-c2ccccc2)n1. The van der Waals surface area contributed by atoms with Crippen molar-refractivity contribution in [3.8, 4) is 22.8 Å². The Bertz CT molecular complexity index is 2500. The van der Waals surface area contributed by atoms with Crippen molar-refractivity contribution in [1.29, 1.82) is 0 Å². The van der Waals surface area contributed by atoms with Gasteiger partial charge in [-0.15, -0.1) is 0 Å². The van der Waals surface area contributed by atoms with E-state index in [1.165, 1.54) is 5.39 Å². The van der Waals surface area contributed by atoms with Gasteiger partial charge < -0.3 is 0 Å². The van der Waals surface area contributed by atoms with Crippen LogP contribution < -0.4 is 3.40 Å². The van der Waals surface area contributed by atoms with Gasteiger partial charge in [-0.1, -0.05) is 0 Å². The number of aromatic nitrogens is 6. The molecule has 204 valence electrons. The molecule has 5 aromatic carbocycles. The number of hydrogen-bond acceptors (Lipinski definition) is 3. The Labute approximate surface area is 261 Å². The number of rotatable bonds is 3. The summed E-state index contributed by atoms with van der Waals surface area (Å²) in [7, 11) is 0. The van der Waals surface area contributed by atoms with Gasteiger partial charge in [-0.05, 0) is 0 Å². The Kier molecular flexibility index (Phi) is 5.35. The molecule has 9 rings (SSSR count). The Morgan fingerprint density at radius 1 is 0.558 bits per heavy atom. The summed E-state index contributed by atoms with van der Waals surface area (Å²) in [6.45, 7) is 2.07. The van der Waals surface area contributed by atoms with Crippen molar-refractivity contribution in [3.05, 3.63) is 127 Å². The van der Waals surface area contributed by atoms with Gasteiger partial charge >= 0.3 is 263 Å². The molecule has 0 aliphatic heterocycles. The zero-order valence-corrected chi connectivity index (χ0v) is 27.8. The predicted octanol–water partition coefficient (Wildman–Crippen LogP) is 6.55. The van der Waals surface area contributed by atoms with Crippen LogP contribution in [-0.4, -0.2) is 53.2 Å². The molecule has 0 spiro atoms. The molecule has 0 aliphatic rings. The van der Waals surface area contributed by atoms with Gasteiger partial charge in [0.15, 0.2) is 0 Å². The summed E-state index contributed by atoms with van der Waals surface area (Å²) < 4.78 is 8.07. The summed E-state index contributed by atoms with van der Waals surface area (Å²) in [5.41, 5.74) is 10.5. The summed E-state index contributed by atoms with van der Waals surface area (Å²) in [5, 5.41) is 2.35. The maximum absolute atomic E-state index is 5.20. The molecule has 4 aromatic heterocycles. The van der Waals surface area contributed by atoms with Crippen molar-refractivity contribution in [2.75, 3.05) is 0 Å². The average molecular weight is 751 g/mol. The minimum absolute atomic E-state index is 0.585. The second kappa shape index (κ2) is 9.32. The Hall–Kier alpha value is -4.87. The summed E-state index contributed by atoms with van der Waals surface area (Å²) >= 11 is 0.585. The fraction of sp³-hybridized carbons (Fsp3) is 0.0278. The van der Waals surface area contributed by atoms with E-state index in [9.17, 15) is 0 Å². The fourth-order valence-electron chi connectivity index (χ4n) is 6.58. The Morgan fingerprint density at radius 3 is 1.95 bits per heavy atom. The summed E-state index contributed by atoms with van der Waals surface area (Å²) in [6, 6.07) is 42.6. The number of benzene rings is 5. The van der Waals surface area contributed by atoms with Crippen molar-refractivity contribution in [3.63, 3.8) is 0 Å². The molecule has 0 saturated heterocycles. The molecule has 6 nitrogen and oxygen atoms in total. The van der Waals surface area contributed by atoms with Crippen LogP contribution in [0.4, 0.5) is 0 Å². The van der Waals surface area contributed by atoms with E-state index >= 15 is 0 Å². The molecule has 0 bridgehead atoms. The molecular weight excluding hydrogens is 725 g/mol. The summed E-state index contributed by atoms with van der Waals surface area (Å²) in [6.07, 6.45) is 0. The van der Waals surface area contributed by atoms with Crippen molar-refractivity contribution >= 4 is 77.8 Å². The molecule has 9 aromatic rings. The van der Waals surface area contributed by atoms with Crippen molar-refractivity contribution in [2.45, 2.75) is 6.92 Å². The first-order valence-electron chi connectivity index (χ1n) is 14.3. The van der Waals surface area contributed by atoms with Crippen LogP contribution in [0.15, 0.2) is 121 Å². The molecule has 0 radical (unpaired) electrons. The van der Waals surface area contributed by atoms with Gasteiger partial charge in [0.05, 0.1) is 0 Å². The van der Waals surface area contributed by atoms with Gasteiger partial charge in [0.2, 0.25) is 0 Å². The van der Waals surface area contributed by atoms with E-state index in [1.807, 2.05) is 0 Å². The predicted molar refractivity (Wildman–Crippen MR) is 178 cm³/mol. The maximum atomic E-state index is 5.20. The van der Waals surface area contributed by atoms with E-state index in [2.05, 4.69) is 142 Å².